The number of fused-ring (bicyclic) bond motifs is 2. The van der Waals surface area contributed by atoms with Crippen LogP contribution in [-0.4, -0.2) is 29.1 Å². The second kappa shape index (κ2) is 4.78. The van der Waals surface area contributed by atoms with Crippen LogP contribution in [-0.2, 0) is 9.59 Å². The van der Waals surface area contributed by atoms with Crippen molar-refractivity contribution in [2.24, 2.45) is 28.9 Å². The van der Waals surface area contributed by atoms with Crippen molar-refractivity contribution in [3.05, 3.63) is 0 Å². The van der Waals surface area contributed by atoms with Crippen molar-refractivity contribution in [3.63, 3.8) is 0 Å². The molecule has 0 saturated heterocycles. The van der Waals surface area contributed by atoms with Gasteiger partial charge in [-0.25, -0.2) is 0 Å². The highest BCUT2D eigenvalue weighted by atomic mass is 16.4. The fourth-order valence-electron chi connectivity index (χ4n) is 3.50. The summed E-state index contributed by atoms with van der Waals surface area (Å²) < 4.78 is 0. The largest absolute Gasteiger partial charge is 0.481 e. The highest BCUT2D eigenvalue weighted by Crippen LogP contribution is 2.48. The molecular weight excluding hydrogens is 244 g/mol. The zero-order chi connectivity index (χ0) is 14.4. The van der Waals surface area contributed by atoms with E-state index >= 15 is 0 Å². The number of carbonyl (C=O) groups is 2. The van der Waals surface area contributed by atoms with Gasteiger partial charge in [0.1, 0.15) is 0 Å². The van der Waals surface area contributed by atoms with Crippen LogP contribution in [0.4, 0.5) is 0 Å². The van der Waals surface area contributed by atoms with Gasteiger partial charge in [0.2, 0.25) is 5.91 Å². The molecule has 19 heavy (non-hydrogen) atoms. The molecule has 2 bridgehead atoms. The third-order valence-corrected chi connectivity index (χ3v) is 4.73. The summed E-state index contributed by atoms with van der Waals surface area (Å²) in [5.41, 5.74) is 5.61. The molecule has 0 aromatic heterocycles. The Morgan fingerprint density at radius 3 is 2.37 bits per heavy atom. The summed E-state index contributed by atoms with van der Waals surface area (Å²) >= 11 is 0. The first-order valence-electron chi connectivity index (χ1n) is 7.00. The molecule has 108 valence electrons. The fourth-order valence-corrected chi connectivity index (χ4v) is 3.50. The van der Waals surface area contributed by atoms with E-state index in [0.29, 0.717) is 5.92 Å². The maximum absolute atomic E-state index is 12.2. The summed E-state index contributed by atoms with van der Waals surface area (Å²) in [6.45, 7) is 5.73. The van der Waals surface area contributed by atoms with Crippen molar-refractivity contribution >= 4 is 11.9 Å². The molecule has 0 aromatic carbocycles. The minimum Gasteiger partial charge on any atom is -0.481 e. The lowest BCUT2D eigenvalue weighted by Crippen LogP contribution is -2.55. The molecule has 4 N–H and O–H groups in total. The lowest BCUT2D eigenvalue weighted by atomic mass is 9.83. The molecule has 2 rings (SSSR count). The number of nitrogens with two attached hydrogens (primary N) is 1. The van der Waals surface area contributed by atoms with Crippen LogP contribution in [0.25, 0.3) is 0 Å². The van der Waals surface area contributed by atoms with Crippen LogP contribution in [0.5, 0.6) is 0 Å². The molecule has 1 amide bonds. The number of nitrogens with one attached hydrogen (secondary N) is 1. The molecule has 0 aliphatic heterocycles. The molecule has 5 atom stereocenters. The van der Waals surface area contributed by atoms with Gasteiger partial charge < -0.3 is 16.2 Å². The Kier molecular flexibility index (Phi) is 3.60. The summed E-state index contributed by atoms with van der Waals surface area (Å²) in [5.74, 6) is -0.922. The summed E-state index contributed by atoms with van der Waals surface area (Å²) in [6, 6.07) is -0.849. The predicted octanol–water partition coefficient (Wildman–Crippen LogP) is 0.975. The number of carbonyl (C=O) groups excluding carboxylic acids is 1. The smallest absolute Gasteiger partial charge is 0.308 e. The Balaban J connectivity index is 2.06. The molecule has 0 aromatic rings. The lowest BCUT2D eigenvalue weighted by Gasteiger charge is -2.32. The highest BCUT2D eigenvalue weighted by Gasteiger charge is 2.52. The van der Waals surface area contributed by atoms with Gasteiger partial charge in [-0.3, -0.25) is 9.59 Å². The number of amides is 1. The van der Waals surface area contributed by atoms with E-state index in [1.54, 1.807) is 0 Å². The van der Waals surface area contributed by atoms with Gasteiger partial charge in [-0.1, -0.05) is 20.8 Å². The highest BCUT2D eigenvalue weighted by molar-refractivity contribution is 5.83. The van der Waals surface area contributed by atoms with Gasteiger partial charge in [0.15, 0.2) is 0 Å². The SMILES string of the molecule is CC(C)(C)C(N)C(=O)NC1C2CCC(C2)C1C(=O)O. The normalized spacial score (nSPS) is 35.2. The number of carboxylic acid groups (broad SMARTS) is 1. The van der Waals surface area contributed by atoms with Crippen LogP contribution < -0.4 is 11.1 Å². The van der Waals surface area contributed by atoms with E-state index in [4.69, 9.17) is 5.73 Å². The predicted molar refractivity (Wildman–Crippen MR) is 71.3 cm³/mol. The molecule has 2 aliphatic rings. The Labute approximate surface area is 113 Å². The van der Waals surface area contributed by atoms with Gasteiger partial charge in [0.05, 0.1) is 12.0 Å². The second-order valence-corrected chi connectivity index (χ2v) is 7.08. The topological polar surface area (TPSA) is 92.4 Å². The molecule has 0 heterocycles. The van der Waals surface area contributed by atoms with Crippen molar-refractivity contribution in [1.29, 1.82) is 0 Å². The molecular formula is C14H24N2O3. The zero-order valence-corrected chi connectivity index (χ0v) is 11.8. The number of carboxylic acids is 1. The van der Waals surface area contributed by atoms with Gasteiger partial charge >= 0.3 is 5.97 Å². The third-order valence-electron chi connectivity index (χ3n) is 4.73. The van der Waals surface area contributed by atoms with E-state index < -0.39 is 17.9 Å². The zero-order valence-electron chi connectivity index (χ0n) is 11.8. The van der Waals surface area contributed by atoms with Crippen molar-refractivity contribution < 1.29 is 14.7 Å². The van der Waals surface area contributed by atoms with Crippen LogP contribution in [0.15, 0.2) is 0 Å². The van der Waals surface area contributed by atoms with Gasteiger partial charge in [-0.15, -0.1) is 0 Å². The monoisotopic (exact) mass is 268 g/mol. The van der Waals surface area contributed by atoms with Crippen LogP contribution in [0.1, 0.15) is 40.0 Å². The molecule has 2 saturated carbocycles. The molecule has 5 heteroatoms. The van der Waals surface area contributed by atoms with Gasteiger partial charge in [0, 0.05) is 6.04 Å². The van der Waals surface area contributed by atoms with Crippen molar-refractivity contribution in [3.8, 4) is 0 Å². The number of aliphatic carboxylic acids is 1. The van der Waals surface area contributed by atoms with E-state index in [-0.39, 0.29) is 23.3 Å². The second-order valence-electron chi connectivity index (χ2n) is 7.08. The van der Waals surface area contributed by atoms with Crippen LogP contribution >= 0.6 is 0 Å². The number of hydrogen-bond donors (Lipinski definition) is 3. The van der Waals surface area contributed by atoms with E-state index in [2.05, 4.69) is 5.32 Å². The van der Waals surface area contributed by atoms with Crippen LogP contribution in [0.2, 0.25) is 0 Å². The molecule has 2 fully saturated rings. The van der Waals surface area contributed by atoms with E-state index in [1.165, 1.54) is 0 Å². The van der Waals surface area contributed by atoms with Crippen LogP contribution in [0.3, 0.4) is 0 Å². The van der Waals surface area contributed by atoms with Crippen molar-refractivity contribution in [1.82, 2.24) is 5.32 Å². The van der Waals surface area contributed by atoms with Crippen molar-refractivity contribution in [2.45, 2.75) is 52.1 Å². The van der Waals surface area contributed by atoms with E-state index in [9.17, 15) is 14.7 Å². The maximum atomic E-state index is 12.2. The van der Waals surface area contributed by atoms with E-state index in [1.807, 2.05) is 20.8 Å². The molecule has 5 nitrogen and oxygen atoms in total. The molecule has 0 radical (unpaired) electrons. The first-order valence-corrected chi connectivity index (χ1v) is 7.00. The van der Waals surface area contributed by atoms with Crippen LogP contribution in [0, 0.1) is 23.2 Å². The van der Waals surface area contributed by atoms with E-state index in [0.717, 1.165) is 19.3 Å². The summed E-state index contributed by atoms with van der Waals surface area (Å²) in [4.78, 5) is 23.5. The average molecular weight is 268 g/mol. The lowest BCUT2D eigenvalue weighted by molar-refractivity contribution is -0.144. The quantitative estimate of drug-likeness (QED) is 0.711. The number of hydrogen-bond acceptors (Lipinski definition) is 3. The summed E-state index contributed by atoms with van der Waals surface area (Å²) in [5, 5.41) is 12.2. The Hall–Kier alpha value is -1.10. The summed E-state index contributed by atoms with van der Waals surface area (Å²) in [6.07, 6.45) is 2.91. The Bertz CT molecular complexity index is 389. The first-order chi connectivity index (χ1) is 8.71. The minimum absolute atomic E-state index is 0.221. The van der Waals surface area contributed by atoms with Gasteiger partial charge in [0.25, 0.3) is 0 Å². The maximum Gasteiger partial charge on any atom is 0.308 e. The Morgan fingerprint density at radius 1 is 1.26 bits per heavy atom. The molecule has 5 unspecified atom stereocenters. The van der Waals surface area contributed by atoms with Crippen molar-refractivity contribution in [2.75, 3.05) is 0 Å². The average Bonchev–Trinajstić information content (AvgIpc) is 2.86. The minimum atomic E-state index is -0.790. The van der Waals surface area contributed by atoms with Gasteiger partial charge in [-0.05, 0) is 36.5 Å². The summed E-state index contributed by atoms with van der Waals surface area (Å²) in [7, 11) is 0. The van der Waals surface area contributed by atoms with Gasteiger partial charge in [-0.2, -0.15) is 0 Å². The third kappa shape index (κ3) is 2.61. The standard InChI is InChI=1S/C14H24N2O3/c1-14(2,3)11(15)12(17)16-10-8-5-4-7(6-8)9(10)13(18)19/h7-11H,4-6,15H2,1-3H3,(H,16,17)(H,18,19). The molecule has 0 spiro atoms. The fraction of sp³-hybridized carbons (Fsp3) is 0.857. The Morgan fingerprint density at radius 2 is 1.84 bits per heavy atom. The molecule has 2 aliphatic carbocycles. The number of rotatable bonds is 3. The first kappa shape index (κ1) is 14.3.